The van der Waals surface area contributed by atoms with Crippen LogP contribution in [0.25, 0.3) is 0 Å². The highest BCUT2D eigenvalue weighted by Gasteiger charge is 2.54. The molecule has 0 unspecified atom stereocenters. The van der Waals surface area contributed by atoms with Crippen LogP contribution in [0.1, 0.15) is 39.0 Å². The largest absolute Gasteiger partial charge is 0.459 e. The van der Waals surface area contributed by atoms with Gasteiger partial charge in [-0.05, 0) is 25.7 Å². The minimum atomic E-state index is -1.04. The number of aliphatic hydroxyl groups excluding tert-OH is 1. The highest BCUT2D eigenvalue weighted by Crippen LogP contribution is 2.44. The van der Waals surface area contributed by atoms with Crippen LogP contribution in [0.4, 0.5) is 0 Å². The first kappa shape index (κ1) is 11.6. The van der Waals surface area contributed by atoms with Crippen molar-refractivity contribution in [2.24, 2.45) is 11.3 Å². The second-order valence-electron chi connectivity index (χ2n) is 5.23. The normalized spacial score (nSPS) is 40.8. The van der Waals surface area contributed by atoms with Gasteiger partial charge in [0.1, 0.15) is 6.10 Å². The van der Waals surface area contributed by atoms with Crippen molar-refractivity contribution >= 4 is 5.97 Å². The van der Waals surface area contributed by atoms with Crippen molar-refractivity contribution in [2.75, 3.05) is 0 Å². The molecule has 2 fully saturated rings. The van der Waals surface area contributed by atoms with Crippen molar-refractivity contribution in [2.45, 2.75) is 51.2 Å². The molecule has 1 aliphatic heterocycles. The van der Waals surface area contributed by atoms with Gasteiger partial charge in [-0.25, -0.2) is 4.79 Å². The smallest absolute Gasteiger partial charge is 0.336 e. The van der Waals surface area contributed by atoms with Crippen LogP contribution in [0.3, 0.4) is 0 Å². The van der Waals surface area contributed by atoms with Gasteiger partial charge >= 0.3 is 5.97 Å². The molecule has 1 N–H and O–H groups in total. The Morgan fingerprint density at radius 3 is 2.62 bits per heavy atom. The van der Waals surface area contributed by atoms with Gasteiger partial charge in [-0.3, -0.25) is 0 Å². The lowest BCUT2D eigenvalue weighted by Gasteiger charge is -2.35. The van der Waals surface area contributed by atoms with Gasteiger partial charge in [-0.1, -0.05) is 25.3 Å². The Morgan fingerprint density at radius 2 is 2.06 bits per heavy atom. The lowest BCUT2D eigenvalue weighted by atomic mass is 9.71. The van der Waals surface area contributed by atoms with E-state index in [-0.39, 0.29) is 6.10 Å². The van der Waals surface area contributed by atoms with Gasteiger partial charge in [0.15, 0.2) is 6.10 Å². The topological polar surface area (TPSA) is 46.5 Å². The standard InChI is InChI=1S/C13H20O3/c1-3-13(2)10(14)12(15)16-11(13)9-7-5-4-6-8-9/h3,9-11,14H,1,4-8H2,2H3/t10-,11+,13-/m0/s1. The van der Waals surface area contributed by atoms with Crippen molar-refractivity contribution in [1.82, 2.24) is 0 Å². The number of hydrogen-bond acceptors (Lipinski definition) is 3. The summed E-state index contributed by atoms with van der Waals surface area (Å²) < 4.78 is 5.36. The molecule has 16 heavy (non-hydrogen) atoms. The average Bonchev–Trinajstić information content (AvgIpc) is 2.56. The highest BCUT2D eigenvalue weighted by molar-refractivity contribution is 5.78. The van der Waals surface area contributed by atoms with Gasteiger partial charge in [0.2, 0.25) is 0 Å². The van der Waals surface area contributed by atoms with E-state index in [1.807, 2.05) is 6.92 Å². The number of esters is 1. The van der Waals surface area contributed by atoms with E-state index in [9.17, 15) is 9.90 Å². The third-order valence-corrected chi connectivity index (χ3v) is 4.19. The average molecular weight is 224 g/mol. The Kier molecular flexibility index (Phi) is 3.06. The summed E-state index contributed by atoms with van der Waals surface area (Å²) in [4.78, 5) is 11.5. The van der Waals surface area contributed by atoms with Gasteiger partial charge in [-0.2, -0.15) is 0 Å². The van der Waals surface area contributed by atoms with Gasteiger partial charge in [-0.15, -0.1) is 6.58 Å². The molecule has 3 atom stereocenters. The van der Waals surface area contributed by atoms with Gasteiger partial charge < -0.3 is 9.84 Å². The van der Waals surface area contributed by atoms with Crippen molar-refractivity contribution in [1.29, 1.82) is 0 Å². The van der Waals surface area contributed by atoms with Crippen LogP contribution in [-0.2, 0) is 9.53 Å². The summed E-state index contributed by atoms with van der Waals surface area (Å²) in [6, 6.07) is 0. The fraction of sp³-hybridized carbons (Fsp3) is 0.769. The third-order valence-electron chi connectivity index (χ3n) is 4.19. The molecule has 1 saturated heterocycles. The van der Waals surface area contributed by atoms with Crippen molar-refractivity contribution in [3.63, 3.8) is 0 Å². The van der Waals surface area contributed by atoms with Crippen LogP contribution in [0.5, 0.6) is 0 Å². The zero-order valence-corrected chi connectivity index (χ0v) is 9.82. The molecule has 0 radical (unpaired) electrons. The monoisotopic (exact) mass is 224 g/mol. The summed E-state index contributed by atoms with van der Waals surface area (Å²) in [6.07, 6.45) is 6.29. The van der Waals surface area contributed by atoms with E-state index in [0.29, 0.717) is 5.92 Å². The predicted molar refractivity (Wildman–Crippen MR) is 60.8 cm³/mol. The van der Waals surface area contributed by atoms with Crippen molar-refractivity contribution < 1.29 is 14.6 Å². The summed E-state index contributed by atoms with van der Waals surface area (Å²) >= 11 is 0. The second-order valence-corrected chi connectivity index (χ2v) is 5.23. The maximum Gasteiger partial charge on any atom is 0.336 e. The molecule has 0 bridgehead atoms. The van der Waals surface area contributed by atoms with E-state index in [4.69, 9.17) is 4.74 Å². The summed E-state index contributed by atoms with van der Waals surface area (Å²) in [5.74, 6) is -0.101. The van der Waals surface area contributed by atoms with Crippen molar-refractivity contribution in [3.8, 4) is 0 Å². The molecule has 0 aromatic heterocycles. The molecule has 1 heterocycles. The lowest BCUT2D eigenvalue weighted by Crippen LogP contribution is -2.40. The zero-order valence-electron chi connectivity index (χ0n) is 9.82. The molecule has 0 spiro atoms. The molecular formula is C13H20O3. The molecule has 2 rings (SSSR count). The van der Waals surface area contributed by atoms with Crippen LogP contribution in [0.15, 0.2) is 12.7 Å². The maximum absolute atomic E-state index is 11.5. The molecule has 90 valence electrons. The van der Waals surface area contributed by atoms with E-state index in [2.05, 4.69) is 6.58 Å². The minimum Gasteiger partial charge on any atom is -0.459 e. The Hall–Kier alpha value is -0.830. The predicted octanol–water partition coefficient (Wildman–Crippen LogP) is 2.05. The Bertz CT molecular complexity index is 294. The molecule has 0 amide bonds. The molecule has 3 nitrogen and oxygen atoms in total. The SMILES string of the molecule is C=C[C@]1(C)[C@@H](C2CCCCC2)OC(=O)[C@@H]1O. The molecule has 0 aromatic rings. The fourth-order valence-electron chi connectivity index (χ4n) is 2.99. The highest BCUT2D eigenvalue weighted by atomic mass is 16.6. The molecule has 3 heteroatoms. The van der Waals surface area contributed by atoms with Crippen LogP contribution < -0.4 is 0 Å². The van der Waals surface area contributed by atoms with Gasteiger partial charge in [0.05, 0.1) is 5.41 Å². The van der Waals surface area contributed by atoms with Gasteiger partial charge in [0.25, 0.3) is 0 Å². The van der Waals surface area contributed by atoms with Crippen LogP contribution >= 0.6 is 0 Å². The van der Waals surface area contributed by atoms with Gasteiger partial charge in [0, 0.05) is 0 Å². The molecule has 2 aliphatic rings. The summed E-state index contributed by atoms with van der Waals surface area (Å²) in [5, 5.41) is 9.87. The number of rotatable bonds is 2. The number of hydrogen-bond donors (Lipinski definition) is 1. The van der Waals surface area contributed by atoms with E-state index in [0.717, 1.165) is 12.8 Å². The molecule has 1 aliphatic carbocycles. The fourth-order valence-corrected chi connectivity index (χ4v) is 2.99. The number of carbonyl (C=O) groups is 1. The Morgan fingerprint density at radius 1 is 1.44 bits per heavy atom. The quantitative estimate of drug-likeness (QED) is 0.577. The molecule has 1 saturated carbocycles. The maximum atomic E-state index is 11.5. The Labute approximate surface area is 96.5 Å². The number of cyclic esters (lactones) is 1. The number of carbonyl (C=O) groups excluding carboxylic acids is 1. The van der Waals surface area contributed by atoms with Crippen molar-refractivity contribution in [3.05, 3.63) is 12.7 Å². The number of ether oxygens (including phenoxy) is 1. The van der Waals surface area contributed by atoms with Crippen LogP contribution in [0.2, 0.25) is 0 Å². The van der Waals surface area contributed by atoms with E-state index < -0.39 is 17.5 Å². The van der Waals surface area contributed by atoms with E-state index in [1.54, 1.807) is 6.08 Å². The number of aliphatic hydroxyl groups is 1. The summed E-state index contributed by atoms with van der Waals surface area (Å²) in [5.41, 5.74) is -0.612. The molecule has 0 aromatic carbocycles. The van der Waals surface area contributed by atoms with Crippen LogP contribution in [-0.4, -0.2) is 23.3 Å². The first-order chi connectivity index (χ1) is 7.59. The Balaban J connectivity index is 2.19. The zero-order chi connectivity index (χ0) is 11.8. The third kappa shape index (κ3) is 1.67. The van der Waals surface area contributed by atoms with E-state index >= 15 is 0 Å². The van der Waals surface area contributed by atoms with E-state index in [1.165, 1.54) is 19.3 Å². The molecular weight excluding hydrogens is 204 g/mol. The van der Waals surface area contributed by atoms with Crippen LogP contribution in [0, 0.1) is 11.3 Å². The first-order valence-corrected chi connectivity index (χ1v) is 6.11. The lowest BCUT2D eigenvalue weighted by molar-refractivity contribution is -0.149. The summed E-state index contributed by atoms with van der Waals surface area (Å²) in [7, 11) is 0. The minimum absolute atomic E-state index is 0.187. The second kappa shape index (κ2) is 4.21. The summed E-state index contributed by atoms with van der Waals surface area (Å²) in [6.45, 7) is 5.62. The first-order valence-electron chi connectivity index (χ1n) is 6.11.